The summed E-state index contributed by atoms with van der Waals surface area (Å²) in [6, 6.07) is 12.8. The molecule has 0 aromatic heterocycles. The van der Waals surface area contributed by atoms with Crippen LogP contribution in [0.25, 0.3) is 11.1 Å². The van der Waals surface area contributed by atoms with Gasteiger partial charge in [0, 0.05) is 28.8 Å². The van der Waals surface area contributed by atoms with E-state index in [1.165, 1.54) is 12.2 Å². The number of rotatable bonds is 1. The first-order chi connectivity index (χ1) is 10.2. The van der Waals surface area contributed by atoms with Crippen molar-refractivity contribution in [3.8, 4) is 11.1 Å². The van der Waals surface area contributed by atoms with E-state index in [2.05, 4.69) is 4.99 Å². The Morgan fingerprint density at radius 3 is 2.33 bits per heavy atom. The van der Waals surface area contributed by atoms with Gasteiger partial charge in [0.2, 0.25) is 5.90 Å². The van der Waals surface area contributed by atoms with Gasteiger partial charge >= 0.3 is 5.97 Å². The monoisotopic (exact) mass is 275 g/mol. The number of ketones is 1. The van der Waals surface area contributed by atoms with Crippen LogP contribution in [0.5, 0.6) is 0 Å². The fourth-order valence-electron chi connectivity index (χ4n) is 2.64. The highest BCUT2D eigenvalue weighted by Gasteiger charge is 2.28. The minimum atomic E-state index is -0.433. The number of ether oxygens (including phenoxy) is 1. The highest BCUT2D eigenvalue weighted by atomic mass is 16.5. The van der Waals surface area contributed by atoms with Crippen LogP contribution in [0.4, 0.5) is 5.69 Å². The van der Waals surface area contributed by atoms with E-state index in [1.807, 2.05) is 24.3 Å². The van der Waals surface area contributed by atoms with Crippen LogP contribution in [0, 0.1) is 0 Å². The van der Waals surface area contributed by atoms with E-state index in [9.17, 15) is 9.59 Å². The number of hydrogen-bond donors (Lipinski definition) is 0. The summed E-state index contributed by atoms with van der Waals surface area (Å²) in [4.78, 5) is 27.8. The molecule has 2 aromatic rings. The van der Waals surface area contributed by atoms with Gasteiger partial charge in [0.05, 0.1) is 5.69 Å². The number of carbonyl (C=O) groups is 2. The third-order valence-corrected chi connectivity index (χ3v) is 3.53. The molecule has 1 aliphatic carbocycles. The zero-order chi connectivity index (χ0) is 14.4. The van der Waals surface area contributed by atoms with Gasteiger partial charge < -0.3 is 4.74 Å². The van der Waals surface area contributed by atoms with Crippen molar-refractivity contribution in [3.05, 3.63) is 65.7 Å². The Balaban J connectivity index is 1.93. The maximum Gasteiger partial charge on any atom is 0.337 e. The molecule has 0 N–H and O–H groups in total. The lowest BCUT2D eigenvalue weighted by molar-refractivity contribution is -0.129. The summed E-state index contributed by atoms with van der Waals surface area (Å²) in [7, 11) is 0. The predicted octanol–water partition coefficient (Wildman–Crippen LogP) is 3.04. The number of fused-ring (bicyclic) bond motifs is 3. The zero-order valence-electron chi connectivity index (χ0n) is 10.9. The van der Waals surface area contributed by atoms with Crippen LogP contribution in [0.3, 0.4) is 0 Å². The Bertz CT molecular complexity index is 862. The Labute approximate surface area is 120 Å². The Hall–Kier alpha value is -3.01. The number of aliphatic imine (C=N–C) groups is 1. The van der Waals surface area contributed by atoms with E-state index < -0.39 is 5.97 Å². The standard InChI is InChI=1S/C17H9NO3/c19-15-9-8-14(21-15)18-13-7-3-6-12-16(13)10-4-1-2-5-11(10)17(12)20/h1-9H. The second-order valence-corrected chi connectivity index (χ2v) is 4.78. The molecule has 21 heavy (non-hydrogen) atoms. The van der Waals surface area contributed by atoms with Gasteiger partial charge in [-0.15, -0.1) is 0 Å². The highest BCUT2D eigenvalue weighted by molar-refractivity contribution is 6.23. The largest absolute Gasteiger partial charge is 0.404 e. The van der Waals surface area contributed by atoms with Crippen LogP contribution >= 0.6 is 0 Å². The quantitative estimate of drug-likeness (QED) is 0.641. The molecule has 0 atom stereocenters. The maximum absolute atomic E-state index is 12.4. The lowest BCUT2D eigenvalue weighted by Crippen LogP contribution is -1.98. The van der Waals surface area contributed by atoms with Gasteiger partial charge in [-0.3, -0.25) is 4.79 Å². The molecule has 4 nitrogen and oxygen atoms in total. The molecule has 0 saturated carbocycles. The van der Waals surface area contributed by atoms with E-state index in [0.29, 0.717) is 16.8 Å². The third kappa shape index (κ3) is 1.73. The van der Waals surface area contributed by atoms with Crippen LogP contribution in [-0.2, 0) is 9.53 Å². The molecule has 0 bridgehead atoms. The molecule has 4 rings (SSSR count). The Kier molecular flexibility index (Phi) is 2.38. The van der Waals surface area contributed by atoms with Crippen molar-refractivity contribution < 1.29 is 14.3 Å². The van der Waals surface area contributed by atoms with Gasteiger partial charge in [0.1, 0.15) is 0 Å². The van der Waals surface area contributed by atoms with Gasteiger partial charge in [0.15, 0.2) is 5.78 Å². The molecule has 2 aliphatic rings. The number of benzene rings is 2. The minimum Gasteiger partial charge on any atom is -0.404 e. The average molecular weight is 275 g/mol. The van der Waals surface area contributed by atoms with Crippen molar-refractivity contribution in [2.45, 2.75) is 0 Å². The molecule has 0 fully saturated rings. The summed E-state index contributed by atoms with van der Waals surface area (Å²) in [5.74, 6) is -0.190. The summed E-state index contributed by atoms with van der Waals surface area (Å²) < 4.78 is 4.95. The average Bonchev–Trinajstić information content (AvgIpc) is 3.03. The molecule has 2 aromatic carbocycles. The molecule has 0 amide bonds. The number of hydrogen-bond acceptors (Lipinski definition) is 4. The summed E-state index contributed by atoms with van der Waals surface area (Å²) in [6.07, 6.45) is 2.84. The topological polar surface area (TPSA) is 55.7 Å². The normalized spacial score (nSPS) is 17.0. The van der Waals surface area contributed by atoms with Crippen LogP contribution in [0.1, 0.15) is 15.9 Å². The van der Waals surface area contributed by atoms with E-state index >= 15 is 0 Å². The SMILES string of the molecule is O=C1C=CC(=Nc2cccc3c2-c2ccccc2C3=O)O1. The van der Waals surface area contributed by atoms with Crippen molar-refractivity contribution in [1.82, 2.24) is 0 Å². The van der Waals surface area contributed by atoms with Gasteiger partial charge in [-0.2, -0.15) is 0 Å². The number of cyclic esters (lactones) is 1. The second kappa shape index (κ2) is 4.24. The predicted molar refractivity (Wildman–Crippen MR) is 77.6 cm³/mol. The van der Waals surface area contributed by atoms with Gasteiger partial charge in [-0.05, 0) is 11.6 Å². The van der Waals surface area contributed by atoms with Crippen LogP contribution in [-0.4, -0.2) is 17.7 Å². The Morgan fingerprint density at radius 2 is 1.57 bits per heavy atom. The van der Waals surface area contributed by atoms with Crippen LogP contribution in [0.15, 0.2) is 59.6 Å². The molecule has 1 aliphatic heterocycles. The lowest BCUT2D eigenvalue weighted by atomic mass is 10.0. The zero-order valence-corrected chi connectivity index (χ0v) is 10.9. The molecule has 0 spiro atoms. The summed E-state index contributed by atoms with van der Waals surface area (Å²) >= 11 is 0. The first kappa shape index (κ1) is 11.8. The molecule has 0 saturated heterocycles. The third-order valence-electron chi connectivity index (χ3n) is 3.53. The van der Waals surface area contributed by atoms with E-state index in [1.54, 1.807) is 18.2 Å². The molecular formula is C17H9NO3. The molecule has 0 unspecified atom stereocenters. The highest BCUT2D eigenvalue weighted by Crippen LogP contribution is 2.42. The number of esters is 1. The molecule has 1 heterocycles. The van der Waals surface area contributed by atoms with Crippen molar-refractivity contribution in [3.63, 3.8) is 0 Å². The van der Waals surface area contributed by atoms with Crippen molar-refractivity contribution >= 4 is 23.3 Å². The smallest absolute Gasteiger partial charge is 0.337 e. The summed E-state index contributed by atoms with van der Waals surface area (Å²) in [5.41, 5.74) is 3.60. The van der Waals surface area contributed by atoms with Crippen LogP contribution < -0.4 is 0 Å². The van der Waals surface area contributed by atoms with Gasteiger partial charge in [-0.1, -0.05) is 36.4 Å². The fraction of sp³-hybridized carbons (Fsp3) is 0. The van der Waals surface area contributed by atoms with Crippen LogP contribution in [0.2, 0.25) is 0 Å². The fourth-order valence-corrected chi connectivity index (χ4v) is 2.64. The first-order valence-corrected chi connectivity index (χ1v) is 6.50. The lowest BCUT2D eigenvalue weighted by Gasteiger charge is -2.04. The van der Waals surface area contributed by atoms with Crippen molar-refractivity contribution in [1.29, 1.82) is 0 Å². The van der Waals surface area contributed by atoms with E-state index in [-0.39, 0.29) is 11.7 Å². The van der Waals surface area contributed by atoms with Gasteiger partial charge in [0.25, 0.3) is 0 Å². The van der Waals surface area contributed by atoms with Gasteiger partial charge in [-0.25, -0.2) is 9.79 Å². The minimum absolute atomic E-state index is 0.00149. The van der Waals surface area contributed by atoms with Crippen molar-refractivity contribution in [2.24, 2.45) is 4.99 Å². The second-order valence-electron chi connectivity index (χ2n) is 4.78. The van der Waals surface area contributed by atoms with Crippen molar-refractivity contribution in [2.75, 3.05) is 0 Å². The maximum atomic E-state index is 12.4. The molecular weight excluding hydrogens is 266 g/mol. The molecule has 4 heteroatoms. The summed E-state index contributed by atoms with van der Waals surface area (Å²) in [5, 5.41) is 0. The molecule has 100 valence electrons. The Morgan fingerprint density at radius 1 is 0.810 bits per heavy atom. The number of carbonyl (C=O) groups excluding carboxylic acids is 2. The number of nitrogens with zero attached hydrogens (tertiary/aromatic N) is 1. The van der Waals surface area contributed by atoms with E-state index in [0.717, 1.165) is 11.1 Å². The molecule has 0 radical (unpaired) electrons. The summed E-state index contributed by atoms with van der Waals surface area (Å²) in [6.45, 7) is 0. The van der Waals surface area contributed by atoms with E-state index in [4.69, 9.17) is 4.74 Å². The first-order valence-electron chi connectivity index (χ1n) is 6.50.